The van der Waals surface area contributed by atoms with E-state index in [2.05, 4.69) is 92.3 Å². The van der Waals surface area contributed by atoms with Crippen molar-refractivity contribution in [2.24, 2.45) is 12.0 Å². The van der Waals surface area contributed by atoms with Crippen molar-refractivity contribution in [1.82, 2.24) is 82.2 Å². The summed E-state index contributed by atoms with van der Waals surface area (Å²) in [6.07, 6.45) is -22.5. The number of nitrogens with two attached hydrogens (primary N) is 1. The van der Waals surface area contributed by atoms with Crippen LogP contribution in [-0.4, -0.2) is 377 Å². The van der Waals surface area contributed by atoms with Crippen LogP contribution in [0.4, 0.5) is 17.3 Å². The maximum absolute atomic E-state index is 12.3. The fourth-order valence-electron chi connectivity index (χ4n) is 15.8. The van der Waals surface area contributed by atoms with E-state index in [0.29, 0.717) is 62.7 Å². The molecule has 1 amide bonds. The van der Waals surface area contributed by atoms with Gasteiger partial charge >= 0.3 is 46.9 Å². The summed E-state index contributed by atoms with van der Waals surface area (Å²) < 4.78 is 137. The second kappa shape index (κ2) is 45.2. The number of phosphoric acid groups is 6. The van der Waals surface area contributed by atoms with Crippen LogP contribution in [0.5, 0.6) is 5.88 Å². The van der Waals surface area contributed by atoms with Gasteiger partial charge in [-0.3, -0.25) is 69.5 Å². The van der Waals surface area contributed by atoms with E-state index < -0.39 is 251 Å². The van der Waals surface area contributed by atoms with Gasteiger partial charge < -0.3 is 183 Å². The third-order valence-electron chi connectivity index (χ3n) is 22.8. The highest BCUT2D eigenvalue weighted by molar-refractivity contribution is 7.47. The zero-order valence-electron chi connectivity index (χ0n) is 75.9. The number of imidazole rings is 3. The van der Waals surface area contributed by atoms with Crippen LogP contribution in [0.25, 0.3) is 44.4 Å². The Kier molecular flexibility index (Phi) is 35.3. The molecular weight excluding hydrogens is 2120 g/mol. The predicted molar refractivity (Wildman–Crippen MR) is 480 cm³/mol. The molecule has 8 aliphatic rings. The molecule has 6 fully saturated rings. The summed E-state index contributed by atoms with van der Waals surface area (Å²) in [6.45, 7) is 4.41. The number of aromatic amines is 2. The van der Waals surface area contributed by atoms with Gasteiger partial charge in [-0.15, -0.1) is 0 Å². The number of alkyl halides is 1. The lowest BCUT2D eigenvalue weighted by molar-refractivity contribution is -0.121. The number of fused-ring (bicyclic) bond motifs is 6. The van der Waals surface area contributed by atoms with Gasteiger partial charge in [0.1, 0.15) is 168 Å². The molecule has 29 N–H and O–H groups in total. The minimum atomic E-state index is -4.80. The van der Waals surface area contributed by atoms with Crippen LogP contribution in [0.2, 0.25) is 0 Å². The van der Waals surface area contributed by atoms with E-state index >= 15 is 0 Å². The minimum absolute atomic E-state index is 0.0130. The number of pyridine rings is 1. The van der Waals surface area contributed by atoms with E-state index in [1.165, 1.54) is 78.9 Å². The van der Waals surface area contributed by atoms with E-state index in [1.54, 1.807) is 53.1 Å². The van der Waals surface area contributed by atoms with Gasteiger partial charge in [-0.1, -0.05) is 11.6 Å². The molecule has 0 saturated carbocycles. The Morgan fingerprint density at radius 2 is 0.801 bits per heavy atom. The maximum Gasteiger partial charge on any atom is 0.469 e. The molecule has 806 valence electrons. The van der Waals surface area contributed by atoms with Crippen molar-refractivity contribution in [3.8, 4) is 5.88 Å². The summed E-state index contributed by atoms with van der Waals surface area (Å²) in [6, 6.07) is 4.81. The highest BCUT2D eigenvalue weighted by atomic mass is 35.5. The number of amides is 1. The number of aliphatic imine (C=N–C) groups is 1. The molecule has 10 aromatic heterocycles. The molecule has 18 heterocycles. The molecule has 0 aliphatic carbocycles. The molecule has 68 nitrogen and oxygen atoms in total. The Morgan fingerprint density at radius 3 is 1.23 bits per heavy atom. The number of carbonyl (C=O) groups excluding carboxylic acids is 1. The van der Waals surface area contributed by atoms with Crippen LogP contribution in [-0.2, 0) is 101 Å². The standard InChI is InChI=1S/2C12H17N4O8P.C12H16N3O9P.C12H16N3O8P.C12H16N3O7P.C11H16ClN4O7P/c1-5-14-10-7(11(15-5)22-2)13-4-16(10)12-9(18)8(17)6(24-12)3-23-25(19,20)21;1-5-14-10-7(11(19)15(5)2)13-4-16(10)12-9(18)8(17)6(24-12)3-23-25(20,21)22;1-4-13-10-5(11(19)14-4)2-7(16)15(10)12-9(18)8(17)6(24-12)3-23-25(20,21)22;1-5-13-10-6(11(18)14-5)2-3-15(10)12-9(17)8(16)7(23-12)4-22-24(19,20)21;13-7-1-3-14-11-6(7)2-4-15(11)12-10(17)9(16)8(22-12)5-21-23(18,19)20;1-4-14-9(12)6-10(15-4)16(3-13-6)11-8(18)7(17)5(23-11)2-22-24(19,20)21/h4,6,8-9,12,17-18H,3H2,1-2H3,(H2,19,20,21);4,6,8-9,12,17-18H,3H2,1-2H3,(H2,20,21,22);6,8-9,12,17-18H,2-3H2,1H3,(H,13,14,19)(H2,20,21,22);2-3,7-9,12,16-17H,4H2,1H3,(H,13,14,18)(H2,19,20,21);1-4,8-10,12,16-17H,5H2,(H2,13,14)(H2,18,19,20);3,5,7-9,11,17-18H,2H2,1H3,(H,14,15)(H2,19,20,21)/t3*6-,8-,9-,12-;7-,8-,9-,12-;8-,9-,10-,12-;5-,7-,8-,9?,11-/m111111/s1. The van der Waals surface area contributed by atoms with Gasteiger partial charge in [0.2, 0.25) is 11.8 Å². The summed E-state index contributed by atoms with van der Waals surface area (Å²) in [7, 11) is -25.5. The summed E-state index contributed by atoms with van der Waals surface area (Å²) in [5, 5.41) is 125. The maximum atomic E-state index is 12.3. The largest absolute Gasteiger partial charge is 0.479 e. The highest BCUT2D eigenvalue weighted by Gasteiger charge is 2.54. The Morgan fingerprint density at radius 1 is 0.432 bits per heavy atom. The normalized spacial score (nSPS) is 28.8. The first-order valence-electron chi connectivity index (χ1n) is 42.2. The average molecular weight is 2220 g/mol. The molecule has 0 bridgehead atoms. The molecule has 18 rings (SSSR count). The number of aliphatic hydroxyl groups is 12. The molecule has 75 heteroatoms. The second-order valence-corrected chi connectivity index (χ2v) is 40.7. The number of ether oxygens (including phenoxy) is 7. The quantitative estimate of drug-likeness (QED) is 0.0144. The molecule has 8 aliphatic heterocycles. The average Bonchev–Trinajstić information content (AvgIpc) is 1.60. The highest BCUT2D eigenvalue weighted by Crippen LogP contribution is 2.47. The number of hydrogen-bond acceptors (Lipinski definition) is 47. The monoisotopic (exact) mass is 2220 g/mol. The molecule has 0 radical (unpaired) electrons. The second-order valence-electron chi connectivity index (χ2n) is 32.9. The van der Waals surface area contributed by atoms with Gasteiger partial charge in [0, 0.05) is 36.7 Å². The first-order chi connectivity index (χ1) is 68.0. The third kappa shape index (κ3) is 26.2. The summed E-state index contributed by atoms with van der Waals surface area (Å²) in [4.78, 5) is 200. The van der Waals surface area contributed by atoms with Crippen molar-refractivity contribution in [1.29, 1.82) is 0 Å². The third-order valence-corrected chi connectivity index (χ3v) is 26.0. The molecule has 146 heavy (non-hydrogen) atoms. The number of carbonyl (C=O) groups is 1. The van der Waals surface area contributed by atoms with Gasteiger partial charge in [-0.2, -0.15) is 4.98 Å². The minimum Gasteiger partial charge on any atom is -0.479 e. The zero-order chi connectivity index (χ0) is 107. The number of methoxy groups -OCH3 is 1. The van der Waals surface area contributed by atoms with E-state index in [1.807, 2.05) is 0 Å². The number of amidine groups is 1. The van der Waals surface area contributed by atoms with Crippen LogP contribution in [0.3, 0.4) is 0 Å². The number of hydrogen-bond donors (Lipinski definition) is 28. The Balaban J connectivity index is 0.000000147. The number of aliphatic hydroxyl groups excluding tert-OH is 12. The van der Waals surface area contributed by atoms with Crippen molar-refractivity contribution in [3.05, 3.63) is 121 Å². The SMILES string of the molecule is CC1=NC(Cl)c2ncn([C@@H]3O[C@H](COP(=O)(O)O)[C@@H](O)[C@H]3O)c2N1.COc1nc(C)nc2c1ncn2[C@@H]1O[C@H](COP(=O)(O)O)[C@@H](O)[C@H]1O.Cc1nc2c(c(=O)[nH]1)CC(=O)N2[C@@H]1O[C@H](COP(=O)(O)O)[C@@H](O)[C@H]1O.Cc1nc2c(ccn2[C@@H]2O[C@H](COP(=O)(O)O)[C@@H](O)[C@H]2O)c(=O)[nH]1.Cc1nc2c(ncn2[C@@H]2O[C@H](COP(=O)(O)O)[C@@H](O)[C@H]2O)c(=O)n1C.Nc1ccnc2c1ccn2[C@@H]1O[C@H](COP(=O)(O)O)[C@@H](O)[C@H]1O. The molecule has 6 saturated heterocycles. The predicted octanol–water partition coefficient (Wildman–Crippen LogP) is -7.64. The first-order valence-corrected chi connectivity index (χ1v) is 51.8. The van der Waals surface area contributed by atoms with Crippen molar-refractivity contribution in [2.75, 3.05) is 62.7 Å². The van der Waals surface area contributed by atoms with E-state index in [0.717, 1.165) is 4.90 Å². The lowest BCUT2D eigenvalue weighted by atomic mass is 10.1. The van der Waals surface area contributed by atoms with Gasteiger partial charge in [0.05, 0.1) is 83.1 Å². The topological polar surface area (TPSA) is 1010 Å². The van der Waals surface area contributed by atoms with Gasteiger partial charge in [-0.05, 0) is 52.8 Å². The zero-order valence-corrected chi connectivity index (χ0v) is 82.1. The smallest absolute Gasteiger partial charge is 0.469 e. The number of nitrogen functional groups attached to an aromatic ring is 1. The van der Waals surface area contributed by atoms with Crippen molar-refractivity contribution < 1.29 is 212 Å². The van der Waals surface area contributed by atoms with Gasteiger partial charge in [0.25, 0.3) is 16.7 Å². The summed E-state index contributed by atoms with van der Waals surface area (Å²) in [5.41, 5.74) is 6.55. The molecule has 25 atom stereocenters. The Labute approximate surface area is 819 Å². The van der Waals surface area contributed by atoms with Crippen LogP contribution < -0.4 is 37.4 Å². The molecule has 1 unspecified atom stereocenters. The number of anilines is 3. The number of rotatable bonds is 25. The van der Waals surface area contributed by atoms with Gasteiger partial charge in [-0.25, -0.2) is 72.3 Å². The van der Waals surface area contributed by atoms with Gasteiger partial charge in [0.15, 0.2) is 65.2 Å². The Hall–Kier alpha value is -9.13. The Bertz CT molecular complexity index is 6940. The van der Waals surface area contributed by atoms with Crippen molar-refractivity contribution >= 4 is 132 Å². The molecule has 10 aromatic rings. The van der Waals surface area contributed by atoms with Crippen molar-refractivity contribution in [2.45, 2.75) is 194 Å². The van der Waals surface area contributed by atoms with E-state index in [-0.39, 0.29) is 62.8 Å². The number of H-pyrrole nitrogens is 2. The number of nitrogens with zero attached hydrogens (tertiary/aromatic N) is 17. The van der Waals surface area contributed by atoms with Crippen LogP contribution >= 0.6 is 58.5 Å². The fraction of sp³-hybridized carbons (Fsp3) is 0.549. The van der Waals surface area contributed by atoms with E-state index in [4.69, 9.17) is 109 Å². The number of aromatic nitrogens is 17. The molecular formula is C71H98ClN21O47P6. The number of phosphoric ester groups is 6. The van der Waals surface area contributed by atoms with E-state index in [9.17, 15) is 108 Å². The first kappa shape index (κ1) is 114. The fourth-order valence-corrected chi connectivity index (χ4v) is 18.1. The molecule has 0 aromatic carbocycles. The summed E-state index contributed by atoms with van der Waals surface area (Å²) >= 11 is 6.09. The lowest BCUT2D eigenvalue weighted by Crippen LogP contribution is -2.46. The number of halogens is 1. The van der Waals surface area contributed by atoms with Crippen LogP contribution in [0.15, 0.2) is 75.1 Å². The van der Waals surface area contributed by atoms with Crippen molar-refractivity contribution in [3.63, 3.8) is 0 Å². The summed E-state index contributed by atoms with van der Waals surface area (Å²) in [5.74, 6) is 2.11. The number of nitrogens with one attached hydrogen (secondary N) is 3. The molecule has 0 spiro atoms. The van der Waals surface area contributed by atoms with Crippen LogP contribution in [0, 0.1) is 27.7 Å². The van der Waals surface area contributed by atoms with Crippen LogP contribution in [0.1, 0.15) is 78.1 Å². The number of aryl methyl sites for hydroxylation is 4. The lowest BCUT2D eigenvalue weighted by Gasteiger charge is -2.26.